The van der Waals surface area contributed by atoms with Crippen molar-refractivity contribution >= 4 is 38.8 Å². The number of fused-ring (bicyclic) bond motifs is 1. The molecule has 0 aliphatic rings. The van der Waals surface area contributed by atoms with Gasteiger partial charge in [-0.1, -0.05) is 52.2 Å². The Labute approximate surface area is 177 Å². The summed E-state index contributed by atoms with van der Waals surface area (Å²) in [4.78, 5) is 12.3. The SMILES string of the molecule is C#CCOc1ccc(Br)cc1C=NNC(=O)[C@@H](C)Oc1ccc2ccccc2c1. The summed E-state index contributed by atoms with van der Waals surface area (Å²) in [6.07, 6.45) is 6.02. The van der Waals surface area contributed by atoms with Crippen molar-refractivity contribution in [2.24, 2.45) is 5.10 Å². The molecule has 0 aliphatic heterocycles. The van der Waals surface area contributed by atoms with E-state index in [4.69, 9.17) is 15.9 Å². The summed E-state index contributed by atoms with van der Waals surface area (Å²) in [6.45, 7) is 1.81. The highest BCUT2D eigenvalue weighted by Gasteiger charge is 2.14. The van der Waals surface area contributed by atoms with Crippen molar-refractivity contribution in [3.63, 3.8) is 0 Å². The predicted molar refractivity (Wildman–Crippen MR) is 118 cm³/mol. The first-order valence-electron chi connectivity index (χ1n) is 8.91. The molecule has 6 heteroatoms. The van der Waals surface area contributed by atoms with E-state index in [1.54, 1.807) is 13.0 Å². The first-order chi connectivity index (χ1) is 14.1. The van der Waals surface area contributed by atoms with Crippen molar-refractivity contribution in [1.82, 2.24) is 5.43 Å². The molecule has 3 aromatic carbocycles. The van der Waals surface area contributed by atoms with Gasteiger partial charge in [-0.05, 0) is 48.0 Å². The largest absolute Gasteiger partial charge is 0.481 e. The van der Waals surface area contributed by atoms with Crippen LogP contribution >= 0.6 is 15.9 Å². The molecule has 0 saturated carbocycles. The van der Waals surface area contributed by atoms with Crippen molar-refractivity contribution in [2.75, 3.05) is 6.61 Å². The summed E-state index contributed by atoms with van der Waals surface area (Å²) < 4.78 is 12.1. The van der Waals surface area contributed by atoms with E-state index >= 15 is 0 Å². The Kier molecular flexibility index (Phi) is 6.88. The van der Waals surface area contributed by atoms with E-state index in [9.17, 15) is 4.79 Å². The quantitative estimate of drug-likeness (QED) is 0.326. The number of benzene rings is 3. The second-order valence-corrected chi connectivity index (χ2v) is 7.09. The standard InChI is InChI=1S/C23H19BrN2O3/c1-3-12-28-22-11-9-20(24)13-19(22)15-25-26-23(27)16(2)29-21-10-8-17-6-4-5-7-18(17)14-21/h1,4-11,13-16H,12H2,2H3,(H,26,27)/t16-/m1/s1. The second-order valence-electron chi connectivity index (χ2n) is 6.18. The molecule has 1 amide bonds. The number of nitrogens with zero attached hydrogens (tertiary/aromatic N) is 1. The number of ether oxygens (including phenoxy) is 2. The maximum Gasteiger partial charge on any atom is 0.280 e. The molecule has 0 aromatic heterocycles. The summed E-state index contributed by atoms with van der Waals surface area (Å²) in [5.41, 5.74) is 3.16. The summed E-state index contributed by atoms with van der Waals surface area (Å²) >= 11 is 3.40. The highest BCUT2D eigenvalue weighted by atomic mass is 79.9. The second kappa shape index (κ2) is 9.76. The van der Waals surface area contributed by atoms with Gasteiger partial charge in [0.2, 0.25) is 0 Å². The van der Waals surface area contributed by atoms with Crippen LogP contribution in [0.3, 0.4) is 0 Å². The Morgan fingerprint density at radius 3 is 2.79 bits per heavy atom. The average molecular weight is 451 g/mol. The van der Waals surface area contributed by atoms with Crippen molar-refractivity contribution in [3.05, 3.63) is 70.7 Å². The molecule has 0 radical (unpaired) electrons. The topological polar surface area (TPSA) is 59.9 Å². The van der Waals surface area contributed by atoms with Gasteiger partial charge in [0, 0.05) is 10.0 Å². The Morgan fingerprint density at radius 1 is 1.21 bits per heavy atom. The molecule has 1 N–H and O–H groups in total. The normalized spacial score (nSPS) is 11.8. The van der Waals surface area contributed by atoms with Gasteiger partial charge in [-0.2, -0.15) is 5.10 Å². The summed E-state index contributed by atoms with van der Waals surface area (Å²) in [5.74, 6) is 3.24. The number of halogens is 1. The van der Waals surface area contributed by atoms with Gasteiger partial charge >= 0.3 is 0 Å². The lowest BCUT2D eigenvalue weighted by Gasteiger charge is -2.13. The number of rotatable bonds is 7. The fourth-order valence-corrected chi connectivity index (χ4v) is 3.00. The third-order valence-electron chi connectivity index (χ3n) is 4.06. The molecule has 0 bridgehead atoms. The molecule has 3 rings (SSSR count). The Hall–Kier alpha value is -3.30. The molecule has 0 saturated heterocycles. The molecule has 146 valence electrons. The maximum absolute atomic E-state index is 12.3. The fourth-order valence-electron chi connectivity index (χ4n) is 2.63. The van der Waals surface area contributed by atoms with Crippen LogP contribution in [-0.2, 0) is 4.79 Å². The highest BCUT2D eigenvalue weighted by molar-refractivity contribution is 9.10. The third kappa shape index (κ3) is 5.59. The lowest BCUT2D eigenvalue weighted by Crippen LogP contribution is -2.33. The van der Waals surface area contributed by atoms with Gasteiger partial charge in [-0.3, -0.25) is 4.79 Å². The monoisotopic (exact) mass is 450 g/mol. The van der Waals surface area contributed by atoms with E-state index < -0.39 is 6.10 Å². The lowest BCUT2D eigenvalue weighted by atomic mass is 10.1. The highest BCUT2D eigenvalue weighted by Crippen LogP contribution is 2.22. The van der Waals surface area contributed by atoms with Crippen LogP contribution in [0.15, 0.2) is 70.2 Å². The maximum atomic E-state index is 12.3. The number of carbonyl (C=O) groups excluding carboxylic acids is 1. The van der Waals surface area contributed by atoms with Crippen LogP contribution in [0.5, 0.6) is 11.5 Å². The first-order valence-corrected chi connectivity index (χ1v) is 9.70. The Bertz CT molecular complexity index is 1090. The van der Waals surface area contributed by atoms with E-state index in [1.807, 2.05) is 54.6 Å². The van der Waals surface area contributed by atoms with Gasteiger partial charge in [-0.25, -0.2) is 5.43 Å². The van der Waals surface area contributed by atoms with Crippen LogP contribution in [-0.4, -0.2) is 24.8 Å². The van der Waals surface area contributed by atoms with Gasteiger partial charge < -0.3 is 9.47 Å². The molecule has 1 atom stereocenters. The zero-order valence-electron chi connectivity index (χ0n) is 15.8. The van der Waals surface area contributed by atoms with Gasteiger partial charge in [0.05, 0.1) is 6.21 Å². The minimum absolute atomic E-state index is 0.144. The van der Waals surface area contributed by atoms with E-state index in [-0.39, 0.29) is 12.5 Å². The minimum Gasteiger partial charge on any atom is -0.481 e. The van der Waals surface area contributed by atoms with Crippen LogP contribution < -0.4 is 14.9 Å². The van der Waals surface area contributed by atoms with Gasteiger partial charge in [0.15, 0.2) is 6.10 Å². The van der Waals surface area contributed by atoms with Crippen molar-refractivity contribution in [3.8, 4) is 23.8 Å². The Morgan fingerprint density at radius 2 is 2.00 bits per heavy atom. The average Bonchev–Trinajstić information content (AvgIpc) is 2.73. The van der Waals surface area contributed by atoms with Crippen LogP contribution in [0.2, 0.25) is 0 Å². The summed E-state index contributed by atoms with van der Waals surface area (Å²) in [6, 6.07) is 19.1. The van der Waals surface area contributed by atoms with Crippen molar-refractivity contribution < 1.29 is 14.3 Å². The number of carbonyl (C=O) groups is 1. The van der Waals surface area contributed by atoms with Crippen LogP contribution in [0.1, 0.15) is 12.5 Å². The van der Waals surface area contributed by atoms with E-state index in [0.717, 1.165) is 15.2 Å². The number of hydrazone groups is 1. The zero-order chi connectivity index (χ0) is 20.6. The van der Waals surface area contributed by atoms with Crippen molar-refractivity contribution in [1.29, 1.82) is 0 Å². The van der Waals surface area contributed by atoms with E-state index in [1.165, 1.54) is 6.21 Å². The zero-order valence-corrected chi connectivity index (χ0v) is 17.3. The number of hydrogen-bond acceptors (Lipinski definition) is 4. The van der Waals surface area contributed by atoms with E-state index in [2.05, 4.69) is 32.4 Å². The van der Waals surface area contributed by atoms with Gasteiger partial charge in [-0.15, -0.1) is 6.42 Å². The minimum atomic E-state index is -0.715. The van der Waals surface area contributed by atoms with E-state index in [0.29, 0.717) is 17.1 Å². The molecular formula is C23H19BrN2O3. The van der Waals surface area contributed by atoms with Crippen LogP contribution in [0.25, 0.3) is 10.8 Å². The van der Waals surface area contributed by atoms with Gasteiger partial charge in [0.25, 0.3) is 5.91 Å². The smallest absolute Gasteiger partial charge is 0.280 e. The molecular weight excluding hydrogens is 432 g/mol. The number of amides is 1. The molecule has 5 nitrogen and oxygen atoms in total. The molecule has 0 fully saturated rings. The molecule has 29 heavy (non-hydrogen) atoms. The number of terminal acetylenes is 1. The summed E-state index contributed by atoms with van der Waals surface area (Å²) in [7, 11) is 0. The van der Waals surface area contributed by atoms with Gasteiger partial charge in [0.1, 0.15) is 18.1 Å². The van der Waals surface area contributed by atoms with Crippen LogP contribution in [0, 0.1) is 12.3 Å². The molecule has 0 heterocycles. The summed E-state index contributed by atoms with van der Waals surface area (Å²) in [5, 5.41) is 6.16. The predicted octanol–water partition coefficient (Wildman–Crippen LogP) is 4.53. The Balaban J connectivity index is 1.62. The molecule has 3 aromatic rings. The third-order valence-corrected chi connectivity index (χ3v) is 4.56. The molecule has 0 spiro atoms. The van der Waals surface area contributed by atoms with Crippen LogP contribution in [0.4, 0.5) is 0 Å². The number of hydrogen-bond donors (Lipinski definition) is 1. The molecule has 0 aliphatic carbocycles. The fraction of sp³-hybridized carbons (Fsp3) is 0.130. The lowest BCUT2D eigenvalue weighted by molar-refractivity contribution is -0.127. The molecule has 0 unspecified atom stereocenters. The first kappa shape index (κ1) is 20.4. The number of nitrogens with one attached hydrogen (secondary N) is 1. The van der Waals surface area contributed by atoms with Crippen molar-refractivity contribution in [2.45, 2.75) is 13.0 Å².